The summed E-state index contributed by atoms with van der Waals surface area (Å²) in [5.41, 5.74) is 8.60. The molecule has 1 heterocycles. The summed E-state index contributed by atoms with van der Waals surface area (Å²) in [7, 11) is 1.87. The van der Waals surface area contributed by atoms with Gasteiger partial charge in [-0.2, -0.15) is 0 Å². The Bertz CT molecular complexity index is 496. The van der Waals surface area contributed by atoms with Crippen LogP contribution in [0.3, 0.4) is 0 Å². The van der Waals surface area contributed by atoms with Gasteiger partial charge in [-0.1, -0.05) is 12.1 Å². The van der Waals surface area contributed by atoms with Gasteiger partial charge < -0.3 is 15.5 Å². The van der Waals surface area contributed by atoms with Gasteiger partial charge in [0.05, 0.1) is 0 Å². The van der Waals surface area contributed by atoms with Crippen LogP contribution in [-0.4, -0.2) is 36.5 Å². The highest BCUT2D eigenvalue weighted by Crippen LogP contribution is 2.31. The highest BCUT2D eigenvalue weighted by atomic mass is 16.2. The van der Waals surface area contributed by atoms with Crippen LogP contribution in [-0.2, 0) is 11.3 Å². The van der Waals surface area contributed by atoms with Gasteiger partial charge in [-0.05, 0) is 38.0 Å². The van der Waals surface area contributed by atoms with E-state index in [1.807, 2.05) is 27.0 Å². The molecular weight excluding hydrogens is 238 g/mol. The molecule has 1 aromatic rings. The first-order valence-corrected chi connectivity index (χ1v) is 6.70. The van der Waals surface area contributed by atoms with Crippen LogP contribution in [0.1, 0.15) is 25.0 Å². The summed E-state index contributed by atoms with van der Waals surface area (Å²) in [6.45, 7) is 8.22. The number of nitrogens with two attached hydrogens (primary N) is 1. The van der Waals surface area contributed by atoms with Crippen LogP contribution in [0.2, 0.25) is 0 Å². The highest BCUT2D eigenvalue weighted by Gasteiger charge is 2.40. The maximum Gasteiger partial charge on any atom is 0.247 e. The van der Waals surface area contributed by atoms with Crippen molar-refractivity contribution in [2.75, 3.05) is 25.0 Å². The molecule has 1 aliphatic rings. The summed E-state index contributed by atoms with van der Waals surface area (Å²) in [6, 6.07) is 6.23. The summed E-state index contributed by atoms with van der Waals surface area (Å²) in [5, 5.41) is 0. The third kappa shape index (κ3) is 2.32. The van der Waals surface area contributed by atoms with Crippen molar-refractivity contribution in [1.29, 1.82) is 0 Å². The van der Waals surface area contributed by atoms with Crippen molar-refractivity contribution in [3.8, 4) is 0 Å². The zero-order chi connectivity index (χ0) is 14.2. The van der Waals surface area contributed by atoms with Gasteiger partial charge in [-0.25, -0.2) is 0 Å². The number of amides is 1. The molecule has 0 aliphatic carbocycles. The van der Waals surface area contributed by atoms with E-state index in [9.17, 15) is 4.79 Å². The van der Waals surface area contributed by atoms with Crippen molar-refractivity contribution in [3.63, 3.8) is 0 Å². The third-order valence-electron chi connectivity index (χ3n) is 3.99. The number of carbonyl (C=O) groups is 1. The van der Waals surface area contributed by atoms with E-state index in [0.717, 1.165) is 24.3 Å². The number of piperazine rings is 1. The van der Waals surface area contributed by atoms with Gasteiger partial charge in [0.15, 0.2) is 0 Å². The van der Waals surface area contributed by atoms with Crippen LogP contribution < -0.4 is 10.6 Å². The molecule has 1 aromatic carbocycles. The molecule has 0 unspecified atom stereocenters. The Morgan fingerprint density at radius 3 is 2.58 bits per heavy atom. The van der Waals surface area contributed by atoms with E-state index in [4.69, 9.17) is 5.73 Å². The molecule has 2 rings (SSSR count). The monoisotopic (exact) mass is 261 g/mol. The number of carbonyl (C=O) groups excluding carboxylic acids is 1. The standard InChI is InChI=1S/C15H23N3O/c1-11-9-12(10-16)5-6-13(11)18-8-7-17(4)14(19)15(18,2)3/h5-6,9H,7-8,10,16H2,1-4H3. The number of likely N-dealkylation sites (N-methyl/N-ethyl adjacent to an activating group) is 1. The first-order valence-electron chi connectivity index (χ1n) is 6.70. The molecule has 0 spiro atoms. The van der Waals surface area contributed by atoms with Crippen molar-refractivity contribution in [3.05, 3.63) is 29.3 Å². The lowest BCUT2D eigenvalue weighted by Gasteiger charge is -2.46. The van der Waals surface area contributed by atoms with Crippen LogP contribution >= 0.6 is 0 Å². The third-order valence-corrected chi connectivity index (χ3v) is 3.99. The average molecular weight is 261 g/mol. The fraction of sp³-hybridized carbons (Fsp3) is 0.533. The van der Waals surface area contributed by atoms with E-state index in [1.54, 1.807) is 4.90 Å². The molecule has 4 heteroatoms. The van der Waals surface area contributed by atoms with Crippen LogP contribution in [0.25, 0.3) is 0 Å². The van der Waals surface area contributed by atoms with Crippen LogP contribution in [0.5, 0.6) is 0 Å². The van der Waals surface area contributed by atoms with E-state index in [1.165, 1.54) is 5.56 Å². The summed E-state index contributed by atoms with van der Waals surface area (Å²) >= 11 is 0. The lowest BCUT2D eigenvalue weighted by atomic mass is 9.95. The zero-order valence-corrected chi connectivity index (χ0v) is 12.2. The first-order chi connectivity index (χ1) is 8.87. The minimum atomic E-state index is -0.498. The molecule has 0 aromatic heterocycles. The number of anilines is 1. The van der Waals surface area contributed by atoms with Gasteiger partial charge in [0.1, 0.15) is 5.54 Å². The van der Waals surface area contributed by atoms with E-state index in [-0.39, 0.29) is 5.91 Å². The number of rotatable bonds is 2. The Kier molecular flexibility index (Phi) is 3.54. The summed E-state index contributed by atoms with van der Waals surface area (Å²) < 4.78 is 0. The molecule has 1 amide bonds. The molecule has 1 aliphatic heterocycles. The maximum atomic E-state index is 12.3. The van der Waals surface area contributed by atoms with Crippen molar-refractivity contribution in [1.82, 2.24) is 4.90 Å². The maximum absolute atomic E-state index is 12.3. The normalized spacial score (nSPS) is 18.9. The number of aryl methyl sites for hydroxylation is 1. The van der Waals surface area contributed by atoms with Crippen LogP contribution in [0.4, 0.5) is 5.69 Å². The van der Waals surface area contributed by atoms with Gasteiger partial charge in [-0.3, -0.25) is 4.79 Å². The minimum Gasteiger partial charge on any atom is -0.355 e. The largest absolute Gasteiger partial charge is 0.355 e. The van der Waals surface area contributed by atoms with Crippen molar-refractivity contribution in [2.24, 2.45) is 5.73 Å². The molecule has 0 atom stereocenters. The molecular formula is C15H23N3O. The van der Waals surface area contributed by atoms with Gasteiger partial charge in [0.2, 0.25) is 5.91 Å². The van der Waals surface area contributed by atoms with Crippen LogP contribution in [0, 0.1) is 6.92 Å². The van der Waals surface area contributed by atoms with E-state index >= 15 is 0 Å². The quantitative estimate of drug-likeness (QED) is 0.878. The molecule has 2 N–H and O–H groups in total. The summed E-state index contributed by atoms with van der Waals surface area (Å²) in [6.07, 6.45) is 0. The van der Waals surface area contributed by atoms with Gasteiger partial charge in [0.25, 0.3) is 0 Å². The van der Waals surface area contributed by atoms with Gasteiger partial charge >= 0.3 is 0 Å². The molecule has 4 nitrogen and oxygen atoms in total. The number of hydrogen-bond donors (Lipinski definition) is 1. The van der Waals surface area contributed by atoms with E-state index < -0.39 is 5.54 Å². The Labute approximate surface area is 115 Å². The fourth-order valence-corrected chi connectivity index (χ4v) is 2.78. The molecule has 0 radical (unpaired) electrons. The first kappa shape index (κ1) is 13.9. The van der Waals surface area contributed by atoms with Crippen molar-refractivity contribution in [2.45, 2.75) is 32.9 Å². The van der Waals surface area contributed by atoms with Crippen LogP contribution in [0.15, 0.2) is 18.2 Å². The number of hydrogen-bond acceptors (Lipinski definition) is 3. The second-order valence-corrected chi connectivity index (χ2v) is 5.76. The SMILES string of the molecule is Cc1cc(CN)ccc1N1CCN(C)C(=O)C1(C)C. The predicted octanol–water partition coefficient (Wildman–Crippen LogP) is 1.51. The Morgan fingerprint density at radius 2 is 2.00 bits per heavy atom. The fourth-order valence-electron chi connectivity index (χ4n) is 2.78. The van der Waals surface area contributed by atoms with Crippen molar-refractivity contribution >= 4 is 11.6 Å². The Balaban J connectivity index is 2.38. The minimum absolute atomic E-state index is 0.168. The summed E-state index contributed by atoms with van der Waals surface area (Å²) in [4.78, 5) is 16.3. The van der Waals surface area contributed by atoms with Gasteiger partial charge in [-0.15, -0.1) is 0 Å². The van der Waals surface area contributed by atoms with Gasteiger partial charge in [0, 0.05) is 32.4 Å². The second kappa shape index (κ2) is 4.85. The zero-order valence-electron chi connectivity index (χ0n) is 12.2. The molecule has 0 bridgehead atoms. The number of nitrogens with zero attached hydrogens (tertiary/aromatic N) is 2. The molecule has 1 saturated heterocycles. The van der Waals surface area contributed by atoms with E-state index in [0.29, 0.717) is 6.54 Å². The summed E-state index contributed by atoms with van der Waals surface area (Å²) in [5.74, 6) is 0.168. The molecule has 104 valence electrons. The van der Waals surface area contributed by atoms with E-state index in [2.05, 4.69) is 24.0 Å². The average Bonchev–Trinajstić information content (AvgIpc) is 2.37. The molecule has 0 saturated carbocycles. The predicted molar refractivity (Wildman–Crippen MR) is 78.1 cm³/mol. The Morgan fingerprint density at radius 1 is 1.32 bits per heavy atom. The second-order valence-electron chi connectivity index (χ2n) is 5.76. The highest BCUT2D eigenvalue weighted by molar-refractivity contribution is 5.90. The molecule has 1 fully saturated rings. The smallest absolute Gasteiger partial charge is 0.247 e. The lowest BCUT2D eigenvalue weighted by Crippen LogP contribution is -2.62. The number of benzene rings is 1. The topological polar surface area (TPSA) is 49.6 Å². The molecule has 19 heavy (non-hydrogen) atoms. The Hall–Kier alpha value is -1.55. The van der Waals surface area contributed by atoms with Crippen molar-refractivity contribution < 1.29 is 4.79 Å². The lowest BCUT2D eigenvalue weighted by molar-refractivity contribution is -0.136.